The zero-order valence-electron chi connectivity index (χ0n) is 24.7. The summed E-state index contributed by atoms with van der Waals surface area (Å²) in [6.07, 6.45) is 2.88. The zero-order chi connectivity index (χ0) is 28.9. The molecule has 4 rings (SSSR count). The van der Waals surface area contributed by atoms with Crippen molar-refractivity contribution >= 4 is 27.0 Å². The number of aryl methyl sites for hydroxylation is 1. The van der Waals surface area contributed by atoms with Crippen LogP contribution in [0.15, 0.2) is 59.5 Å². The fourth-order valence-corrected chi connectivity index (χ4v) is 6.46. The lowest BCUT2D eigenvalue weighted by Crippen LogP contribution is -2.25. The van der Waals surface area contributed by atoms with Crippen molar-refractivity contribution in [2.45, 2.75) is 65.7 Å². The minimum Gasteiger partial charge on any atom is -0.456 e. The van der Waals surface area contributed by atoms with Gasteiger partial charge in [0.25, 0.3) is 0 Å². The SMILES string of the molecule is CCCCCNS(=O)(=O)c1ccc(C2=c3cc/c(=C(/C)NCC)cc3Oc3cc(N(CC)CC)ccc32)c(C)c1. The van der Waals surface area contributed by atoms with Crippen molar-refractivity contribution in [3.63, 3.8) is 0 Å². The zero-order valence-corrected chi connectivity index (χ0v) is 25.5. The average molecular weight is 562 g/mol. The standard InChI is InChI=1S/C33H43N3O3S/c1-7-11-12-19-35-40(37,38)27-15-18-28(23(5)20-27)33-29-16-13-25(24(6)34-8-2)21-31(29)39-32-22-26(14-17-30(32)33)36(9-3)10-4/h13-18,20-22,34-35H,7-12,19H2,1-6H3/b25-24+. The summed E-state index contributed by atoms with van der Waals surface area (Å²) < 4.78 is 35.3. The molecule has 0 atom stereocenters. The van der Waals surface area contributed by atoms with E-state index >= 15 is 0 Å². The summed E-state index contributed by atoms with van der Waals surface area (Å²) in [4.78, 5) is 2.60. The molecule has 0 aliphatic carbocycles. The normalized spacial score (nSPS) is 13.3. The molecule has 1 heterocycles. The van der Waals surface area contributed by atoms with E-state index in [1.807, 2.05) is 13.0 Å². The van der Waals surface area contributed by atoms with Crippen LogP contribution in [0.1, 0.15) is 70.6 Å². The Morgan fingerprint density at radius 1 is 0.875 bits per heavy atom. The van der Waals surface area contributed by atoms with Crippen molar-refractivity contribution in [1.82, 2.24) is 10.0 Å². The minimum absolute atomic E-state index is 0.293. The molecule has 3 aromatic rings. The fourth-order valence-electron chi connectivity index (χ4n) is 5.30. The monoisotopic (exact) mass is 561 g/mol. The molecule has 0 saturated carbocycles. The molecule has 6 nitrogen and oxygen atoms in total. The number of ether oxygens (including phenoxy) is 1. The highest BCUT2D eigenvalue weighted by Crippen LogP contribution is 2.39. The quantitative estimate of drug-likeness (QED) is 0.227. The van der Waals surface area contributed by atoms with Crippen LogP contribution in [0.5, 0.6) is 11.5 Å². The highest BCUT2D eigenvalue weighted by atomic mass is 32.2. The molecule has 0 spiro atoms. The fraction of sp³-hybridized carbons (Fsp3) is 0.394. The van der Waals surface area contributed by atoms with Crippen molar-refractivity contribution in [3.05, 3.63) is 81.7 Å². The number of unbranched alkanes of at least 4 members (excludes halogenated alkanes) is 2. The molecule has 7 heteroatoms. The molecule has 0 radical (unpaired) electrons. The summed E-state index contributed by atoms with van der Waals surface area (Å²) in [5.74, 6) is 1.60. The Bertz CT molecular complexity index is 1590. The molecule has 0 unspecified atom stereocenters. The highest BCUT2D eigenvalue weighted by molar-refractivity contribution is 7.89. The summed E-state index contributed by atoms with van der Waals surface area (Å²) in [7, 11) is -3.57. The van der Waals surface area contributed by atoms with Crippen LogP contribution in [0.3, 0.4) is 0 Å². The first kappa shape index (κ1) is 29.7. The Morgan fingerprint density at radius 2 is 1.62 bits per heavy atom. The van der Waals surface area contributed by atoms with Gasteiger partial charge in [-0.3, -0.25) is 0 Å². The topological polar surface area (TPSA) is 70.7 Å². The lowest BCUT2D eigenvalue weighted by atomic mass is 9.90. The lowest BCUT2D eigenvalue weighted by molar-refractivity contribution is 0.471. The number of benzene rings is 3. The second kappa shape index (κ2) is 12.9. The number of nitrogens with zero attached hydrogens (tertiary/aromatic N) is 1. The number of nitrogens with one attached hydrogen (secondary N) is 2. The van der Waals surface area contributed by atoms with Gasteiger partial charge >= 0.3 is 0 Å². The van der Waals surface area contributed by atoms with Gasteiger partial charge in [0.15, 0.2) is 0 Å². The number of fused-ring (bicyclic) bond motifs is 2. The van der Waals surface area contributed by atoms with Gasteiger partial charge in [0.1, 0.15) is 11.5 Å². The Hall–Kier alpha value is -3.29. The maximum Gasteiger partial charge on any atom is 0.240 e. The van der Waals surface area contributed by atoms with E-state index in [0.29, 0.717) is 11.4 Å². The number of rotatable bonds is 12. The van der Waals surface area contributed by atoms with Crippen LogP contribution in [-0.2, 0) is 10.0 Å². The molecule has 40 heavy (non-hydrogen) atoms. The van der Waals surface area contributed by atoms with Gasteiger partial charge in [0.05, 0.1) is 4.90 Å². The third kappa shape index (κ3) is 6.21. The summed E-state index contributed by atoms with van der Waals surface area (Å²) >= 11 is 0. The Kier molecular flexibility index (Phi) is 9.59. The molecular formula is C33H43N3O3S. The van der Waals surface area contributed by atoms with Crippen LogP contribution >= 0.6 is 0 Å². The minimum atomic E-state index is -3.57. The molecular weight excluding hydrogens is 518 g/mol. The first-order valence-corrected chi connectivity index (χ1v) is 16.0. The van der Waals surface area contributed by atoms with E-state index in [0.717, 1.165) is 94.5 Å². The molecule has 0 fully saturated rings. The summed E-state index contributed by atoms with van der Waals surface area (Å²) in [6.45, 7) is 15.7. The van der Waals surface area contributed by atoms with Crippen molar-refractivity contribution in [2.24, 2.45) is 0 Å². The predicted molar refractivity (Wildman–Crippen MR) is 166 cm³/mol. The van der Waals surface area contributed by atoms with Crippen molar-refractivity contribution in [2.75, 3.05) is 31.1 Å². The van der Waals surface area contributed by atoms with E-state index in [4.69, 9.17) is 4.74 Å². The Labute approximate surface area is 239 Å². The first-order chi connectivity index (χ1) is 19.2. The molecule has 0 saturated heterocycles. The molecule has 0 aromatic heterocycles. The van der Waals surface area contributed by atoms with Crippen LogP contribution in [0.25, 0.3) is 11.3 Å². The van der Waals surface area contributed by atoms with E-state index in [1.165, 1.54) is 0 Å². The average Bonchev–Trinajstić information content (AvgIpc) is 2.94. The number of anilines is 1. The van der Waals surface area contributed by atoms with Crippen LogP contribution in [0, 0.1) is 6.92 Å². The molecule has 1 aliphatic heterocycles. The maximum atomic E-state index is 13.0. The van der Waals surface area contributed by atoms with E-state index in [-0.39, 0.29) is 0 Å². The first-order valence-electron chi connectivity index (χ1n) is 14.5. The van der Waals surface area contributed by atoms with E-state index < -0.39 is 10.0 Å². The van der Waals surface area contributed by atoms with E-state index in [2.05, 4.69) is 86.0 Å². The van der Waals surface area contributed by atoms with Gasteiger partial charge in [-0.1, -0.05) is 31.9 Å². The number of sulfonamides is 1. The van der Waals surface area contributed by atoms with Gasteiger partial charge in [-0.2, -0.15) is 0 Å². The van der Waals surface area contributed by atoms with Crippen LogP contribution in [0.4, 0.5) is 5.69 Å². The molecule has 3 aromatic carbocycles. The summed E-state index contributed by atoms with van der Waals surface area (Å²) in [6, 6.07) is 18.1. The second-order valence-electron chi connectivity index (χ2n) is 10.3. The van der Waals surface area contributed by atoms with Crippen molar-refractivity contribution < 1.29 is 13.2 Å². The van der Waals surface area contributed by atoms with Gasteiger partial charge in [0.2, 0.25) is 10.0 Å². The molecule has 1 aliphatic rings. The summed E-state index contributed by atoms with van der Waals surface area (Å²) in [5.41, 5.74) is 6.15. The van der Waals surface area contributed by atoms with Gasteiger partial charge < -0.3 is 15.0 Å². The largest absolute Gasteiger partial charge is 0.456 e. The highest BCUT2D eigenvalue weighted by Gasteiger charge is 2.24. The van der Waals surface area contributed by atoms with E-state index in [9.17, 15) is 8.42 Å². The molecule has 2 N–H and O–H groups in total. The van der Waals surface area contributed by atoms with Gasteiger partial charge in [-0.25, -0.2) is 13.1 Å². The van der Waals surface area contributed by atoms with Gasteiger partial charge in [0, 0.05) is 60.0 Å². The third-order valence-corrected chi connectivity index (χ3v) is 9.02. The Morgan fingerprint density at radius 3 is 2.30 bits per heavy atom. The van der Waals surface area contributed by atoms with Gasteiger partial charge in [-0.05, 0) is 93.8 Å². The Balaban J connectivity index is 1.88. The van der Waals surface area contributed by atoms with Crippen molar-refractivity contribution in [3.8, 4) is 11.5 Å². The number of hydrogen-bond donors (Lipinski definition) is 2. The van der Waals surface area contributed by atoms with Crippen LogP contribution in [-0.4, -0.2) is 34.6 Å². The summed E-state index contributed by atoms with van der Waals surface area (Å²) in [5, 5.41) is 5.48. The molecule has 214 valence electrons. The smallest absolute Gasteiger partial charge is 0.240 e. The van der Waals surface area contributed by atoms with Gasteiger partial charge in [-0.15, -0.1) is 0 Å². The predicted octanol–water partition coefficient (Wildman–Crippen LogP) is 5.40. The second-order valence-corrected chi connectivity index (χ2v) is 12.0. The van der Waals surface area contributed by atoms with Crippen molar-refractivity contribution in [1.29, 1.82) is 0 Å². The maximum absolute atomic E-state index is 13.0. The van der Waals surface area contributed by atoms with Crippen LogP contribution in [0.2, 0.25) is 0 Å². The van der Waals surface area contributed by atoms with Crippen LogP contribution < -0.4 is 30.1 Å². The molecule has 0 bridgehead atoms. The third-order valence-electron chi connectivity index (χ3n) is 7.56. The lowest BCUT2D eigenvalue weighted by Gasteiger charge is -2.26. The number of hydrogen-bond acceptors (Lipinski definition) is 5. The molecule has 0 amide bonds. The van der Waals surface area contributed by atoms with E-state index in [1.54, 1.807) is 12.1 Å².